The largest absolute Gasteiger partial charge is 0.466 e. The Bertz CT molecular complexity index is 868. The molecule has 0 spiro atoms. The van der Waals surface area contributed by atoms with Crippen molar-refractivity contribution in [1.29, 1.82) is 10.5 Å². The standard InChI is InChI=1S/C18H12ClFN2O3/c1-2-24-16(23)8-13-3-4-15(19)18(17(13)20)25-14-6-11(9-21)5-12(7-14)10-22/h3-7H,2,8H2,1H3. The Morgan fingerprint density at radius 1 is 1.20 bits per heavy atom. The number of hydrogen-bond donors (Lipinski definition) is 0. The number of nitriles is 2. The predicted molar refractivity (Wildman–Crippen MR) is 87.7 cm³/mol. The van der Waals surface area contributed by atoms with Gasteiger partial charge in [0, 0.05) is 5.56 Å². The van der Waals surface area contributed by atoms with Crippen LogP contribution in [0.2, 0.25) is 5.02 Å². The fraction of sp³-hybridized carbons (Fsp3) is 0.167. The highest BCUT2D eigenvalue weighted by Crippen LogP contribution is 2.34. The van der Waals surface area contributed by atoms with Crippen molar-refractivity contribution in [2.75, 3.05) is 6.61 Å². The van der Waals surface area contributed by atoms with E-state index in [9.17, 15) is 9.18 Å². The van der Waals surface area contributed by atoms with E-state index in [0.717, 1.165) is 0 Å². The molecule has 0 N–H and O–H groups in total. The Labute approximate surface area is 148 Å². The molecule has 7 heteroatoms. The molecule has 0 saturated heterocycles. The number of carbonyl (C=O) groups excluding carboxylic acids is 1. The number of halogens is 2. The van der Waals surface area contributed by atoms with E-state index >= 15 is 0 Å². The molecule has 2 rings (SSSR count). The minimum Gasteiger partial charge on any atom is -0.466 e. The Morgan fingerprint density at radius 3 is 2.40 bits per heavy atom. The number of benzene rings is 2. The molecule has 0 atom stereocenters. The zero-order chi connectivity index (χ0) is 18.4. The summed E-state index contributed by atoms with van der Waals surface area (Å²) >= 11 is 5.99. The van der Waals surface area contributed by atoms with E-state index in [-0.39, 0.29) is 46.2 Å². The Kier molecular flexibility index (Phi) is 5.94. The SMILES string of the molecule is CCOC(=O)Cc1ccc(Cl)c(Oc2cc(C#N)cc(C#N)c2)c1F. The molecule has 0 aliphatic heterocycles. The molecule has 0 unspecified atom stereocenters. The van der Waals surface area contributed by atoms with Crippen molar-refractivity contribution >= 4 is 17.6 Å². The van der Waals surface area contributed by atoms with Crippen LogP contribution in [0.15, 0.2) is 30.3 Å². The Morgan fingerprint density at radius 2 is 1.84 bits per heavy atom. The van der Waals surface area contributed by atoms with Gasteiger partial charge in [0.25, 0.3) is 0 Å². The summed E-state index contributed by atoms with van der Waals surface area (Å²) in [7, 11) is 0. The maximum atomic E-state index is 14.6. The minimum atomic E-state index is -0.804. The molecule has 25 heavy (non-hydrogen) atoms. The van der Waals surface area contributed by atoms with Gasteiger partial charge in [-0.2, -0.15) is 10.5 Å². The fourth-order valence-electron chi connectivity index (χ4n) is 2.08. The normalized spacial score (nSPS) is 9.80. The first-order valence-electron chi connectivity index (χ1n) is 7.24. The van der Waals surface area contributed by atoms with Crippen LogP contribution in [0.3, 0.4) is 0 Å². The first kappa shape index (κ1) is 18.3. The molecule has 0 saturated carbocycles. The molecule has 0 aliphatic rings. The minimum absolute atomic E-state index is 0.00835. The number of hydrogen-bond acceptors (Lipinski definition) is 5. The average molecular weight is 359 g/mol. The second-order valence-corrected chi connectivity index (χ2v) is 5.31. The van der Waals surface area contributed by atoms with Gasteiger partial charge in [-0.25, -0.2) is 4.39 Å². The average Bonchev–Trinajstić information content (AvgIpc) is 2.61. The van der Waals surface area contributed by atoms with Crippen LogP contribution in [0.5, 0.6) is 11.5 Å². The molecule has 126 valence electrons. The number of ether oxygens (including phenoxy) is 2. The molecule has 0 amide bonds. The monoisotopic (exact) mass is 358 g/mol. The lowest BCUT2D eigenvalue weighted by atomic mass is 10.1. The van der Waals surface area contributed by atoms with Gasteiger partial charge in [-0.1, -0.05) is 17.7 Å². The van der Waals surface area contributed by atoms with E-state index in [1.165, 1.54) is 30.3 Å². The lowest BCUT2D eigenvalue weighted by molar-refractivity contribution is -0.142. The summed E-state index contributed by atoms with van der Waals surface area (Å²) in [5.74, 6) is -1.58. The van der Waals surface area contributed by atoms with Gasteiger partial charge < -0.3 is 9.47 Å². The predicted octanol–water partition coefficient (Wildman–Crippen LogP) is 4.12. The van der Waals surface area contributed by atoms with E-state index < -0.39 is 11.8 Å². The van der Waals surface area contributed by atoms with Crippen LogP contribution in [0, 0.1) is 28.5 Å². The summed E-state index contributed by atoms with van der Waals surface area (Å²) in [4.78, 5) is 11.6. The fourth-order valence-corrected chi connectivity index (χ4v) is 2.26. The Hall–Kier alpha value is -3.09. The third-order valence-electron chi connectivity index (χ3n) is 3.15. The molecule has 0 aliphatic carbocycles. The van der Waals surface area contributed by atoms with Crippen LogP contribution in [-0.4, -0.2) is 12.6 Å². The van der Waals surface area contributed by atoms with Gasteiger partial charge in [0.05, 0.1) is 41.3 Å². The summed E-state index contributed by atoms with van der Waals surface area (Å²) in [6, 6.07) is 10.6. The molecule has 0 heterocycles. The number of esters is 1. The van der Waals surface area contributed by atoms with Crippen molar-refractivity contribution in [2.45, 2.75) is 13.3 Å². The van der Waals surface area contributed by atoms with E-state index in [1.807, 2.05) is 12.1 Å². The highest BCUT2D eigenvalue weighted by atomic mass is 35.5. The second kappa shape index (κ2) is 8.14. The molecule has 0 radical (unpaired) electrons. The van der Waals surface area contributed by atoms with Gasteiger partial charge in [0.15, 0.2) is 11.6 Å². The molecule has 0 fully saturated rings. The van der Waals surface area contributed by atoms with Crippen molar-refractivity contribution in [1.82, 2.24) is 0 Å². The lowest BCUT2D eigenvalue weighted by Gasteiger charge is -2.12. The molecule has 0 bridgehead atoms. The van der Waals surface area contributed by atoms with Gasteiger partial charge in [0.2, 0.25) is 0 Å². The van der Waals surface area contributed by atoms with Gasteiger partial charge in [-0.15, -0.1) is 0 Å². The number of carbonyl (C=O) groups is 1. The van der Waals surface area contributed by atoms with Crippen molar-refractivity contribution in [3.8, 4) is 23.6 Å². The van der Waals surface area contributed by atoms with E-state index in [4.69, 9.17) is 31.6 Å². The quantitative estimate of drug-likeness (QED) is 0.751. The topological polar surface area (TPSA) is 83.1 Å². The van der Waals surface area contributed by atoms with Crippen LogP contribution in [0.4, 0.5) is 4.39 Å². The first-order valence-corrected chi connectivity index (χ1v) is 7.62. The van der Waals surface area contributed by atoms with Crippen molar-refractivity contribution < 1.29 is 18.7 Å². The summed E-state index contributed by atoms with van der Waals surface area (Å²) in [5.41, 5.74) is 0.441. The first-order chi connectivity index (χ1) is 12.0. The molecule has 2 aromatic rings. The van der Waals surface area contributed by atoms with Crippen LogP contribution in [0.25, 0.3) is 0 Å². The summed E-state index contributed by atoms with van der Waals surface area (Å²) in [5, 5.41) is 18.0. The Balaban J connectivity index is 2.38. The van der Waals surface area contributed by atoms with Crippen LogP contribution in [0.1, 0.15) is 23.6 Å². The van der Waals surface area contributed by atoms with Crippen molar-refractivity contribution in [2.24, 2.45) is 0 Å². The third-order valence-corrected chi connectivity index (χ3v) is 3.45. The maximum absolute atomic E-state index is 14.6. The van der Waals surface area contributed by atoms with Crippen LogP contribution < -0.4 is 4.74 Å². The molecule has 5 nitrogen and oxygen atoms in total. The van der Waals surface area contributed by atoms with Gasteiger partial charge in [0.1, 0.15) is 5.75 Å². The van der Waals surface area contributed by atoms with Gasteiger partial charge in [-0.3, -0.25) is 4.79 Å². The highest BCUT2D eigenvalue weighted by molar-refractivity contribution is 6.32. The van der Waals surface area contributed by atoms with E-state index in [2.05, 4.69) is 0 Å². The molecular formula is C18H12ClFN2O3. The summed E-state index contributed by atoms with van der Waals surface area (Å²) < 4.78 is 24.9. The second-order valence-electron chi connectivity index (χ2n) is 4.90. The van der Waals surface area contributed by atoms with E-state index in [1.54, 1.807) is 6.92 Å². The number of nitrogens with zero attached hydrogens (tertiary/aromatic N) is 2. The van der Waals surface area contributed by atoms with Crippen molar-refractivity contribution in [3.05, 3.63) is 57.9 Å². The zero-order valence-electron chi connectivity index (χ0n) is 13.2. The van der Waals surface area contributed by atoms with Gasteiger partial charge >= 0.3 is 5.97 Å². The molecule has 2 aromatic carbocycles. The van der Waals surface area contributed by atoms with Crippen LogP contribution in [-0.2, 0) is 16.0 Å². The van der Waals surface area contributed by atoms with E-state index in [0.29, 0.717) is 0 Å². The summed E-state index contributed by atoms with van der Waals surface area (Å²) in [6.07, 6.45) is -0.269. The summed E-state index contributed by atoms with van der Waals surface area (Å²) in [6.45, 7) is 1.84. The molecular weight excluding hydrogens is 347 g/mol. The smallest absolute Gasteiger partial charge is 0.310 e. The maximum Gasteiger partial charge on any atom is 0.310 e. The van der Waals surface area contributed by atoms with Crippen LogP contribution >= 0.6 is 11.6 Å². The van der Waals surface area contributed by atoms with Crippen molar-refractivity contribution in [3.63, 3.8) is 0 Å². The lowest BCUT2D eigenvalue weighted by Crippen LogP contribution is -2.09. The van der Waals surface area contributed by atoms with Gasteiger partial charge in [-0.05, 0) is 31.2 Å². The highest BCUT2D eigenvalue weighted by Gasteiger charge is 2.18. The zero-order valence-corrected chi connectivity index (χ0v) is 13.9. The third kappa shape index (κ3) is 4.47. The number of rotatable bonds is 5. The molecule has 0 aromatic heterocycles.